The Balaban J connectivity index is 2.30. The molecule has 0 aliphatic carbocycles. The Morgan fingerprint density at radius 3 is 2.69 bits per heavy atom. The van der Waals surface area contributed by atoms with Crippen LogP contribution in [0.3, 0.4) is 0 Å². The average molecular weight is 236 g/mol. The van der Waals surface area contributed by atoms with Crippen LogP contribution in [0.1, 0.15) is 0 Å². The molecular weight excluding hydrogens is 226 g/mol. The normalized spacial score (nSPS) is 9.88. The molecule has 0 aliphatic rings. The summed E-state index contributed by atoms with van der Waals surface area (Å²) in [4.78, 5) is 8.16. The van der Waals surface area contributed by atoms with Crippen molar-refractivity contribution in [3.05, 3.63) is 41.7 Å². The fraction of sp³-hybridized carbons (Fsp3) is 0.0909. The first-order chi connectivity index (χ1) is 7.81. The Labute approximate surface area is 98.3 Å². The number of anilines is 1. The molecule has 0 spiro atoms. The van der Waals surface area contributed by atoms with Gasteiger partial charge in [-0.15, -0.1) is 0 Å². The van der Waals surface area contributed by atoms with Crippen molar-refractivity contribution >= 4 is 17.4 Å². The van der Waals surface area contributed by atoms with Gasteiger partial charge < -0.3 is 10.1 Å². The number of ether oxygens (including phenoxy) is 1. The van der Waals surface area contributed by atoms with Crippen molar-refractivity contribution in [3.8, 4) is 11.6 Å². The summed E-state index contributed by atoms with van der Waals surface area (Å²) in [5, 5.41) is 3.43. The maximum atomic E-state index is 5.98. The van der Waals surface area contributed by atoms with E-state index in [0.717, 1.165) is 0 Å². The maximum Gasteiger partial charge on any atom is 0.262 e. The van der Waals surface area contributed by atoms with Crippen LogP contribution in [0.5, 0.6) is 11.6 Å². The fourth-order valence-corrected chi connectivity index (χ4v) is 1.38. The number of benzene rings is 1. The first-order valence-electron chi connectivity index (χ1n) is 4.72. The van der Waals surface area contributed by atoms with E-state index in [1.54, 1.807) is 31.6 Å². The second kappa shape index (κ2) is 4.81. The average Bonchev–Trinajstić information content (AvgIpc) is 2.33. The van der Waals surface area contributed by atoms with E-state index in [-0.39, 0.29) is 0 Å². The van der Waals surface area contributed by atoms with Crippen LogP contribution >= 0.6 is 11.6 Å². The van der Waals surface area contributed by atoms with Gasteiger partial charge in [-0.1, -0.05) is 23.7 Å². The zero-order chi connectivity index (χ0) is 11.4. The van der Waals surface area contributed by atoms with Gasteiger partial charge in [0.15, 0.2) is 5.82 Å². The molecule has 1 heterocycles. The molecule has 1 N–H and O–H groups in total. The second-order valence-electron chi connectivity index (χ2n) is 2.99. The molecule has 0 saturated carbocycles. The number of aromatic nitrogens is 2. The molecule has 0 bridgehead atoms. The molecule has 0 saturated heterocycles. The molecule has 1 aromatic heterocycles. The Hall–Kier alpha value is -1.81. The summed E-state index contributed by atoms with van der Waals surface area (Å²) in [5.74, 6) is 1.53. The highest BCUT2D eigenvalue weighted by molar-refractivity contribution is 6.32. The summed E-state index contributed by atoms with van der Waals surface area (Å²) in [6.45, 7) is 0. The highest BCUT2D eigenvalue weighted by Gasteiger charge is 2.07. The summed E-state index contributed by atoms with van der Waals surface area (Å²) >= 11 is 5.98. The standard InChI is InChI=1S/C11H10ClN3O/c1-13-10-11(15-7-6-14-10)16-9-5-3-2-4-8(9)12/h2-7H,1H3,(H,13,14). The minimum Gasteiger partial charge on any atom is -0.434 e. The third kappa shape index (κ3) is 2.23. The lowest BCUT2D eigenvalue weighted by Crippen LogP contribution is -1.98. The van der Waals surface area contributed by atoms with Crippen molar-refractivity contribution in [1.29, 1.82) is 0 Å². The maximum absolute atomic E-state index is 5.98. The van der Waals surface area contributed by atoms with Crippen molar-refractivity contribution in [2.75, 3.05) is 12.4 Å². The zero-order valence-corrected chi connectivity index (χ0v) is 9.40. The highest BCUT2D eigenvalue weighted by Crippen LogP contribution is 2.30. The Morgan fingerprint density at radius 1 is 1.19 bits per heavy atom. The van der Waals surface area contributed by atoms with E-state index in [1.165, 1.54) is 0 Å². The Morgan fingerprint density at radius 2 is 1.94 bits per heavy atom. The Bertz CT molecular complexity index is 490. The molecule has 1 aromatic carbocycles. The van der Waals surface area contributed by atoms with E-state index < -0.39 is 0 Å². The molecule has 82 valence electrons. The van der Waals surface area contributed by atoms with E-state index in [2.05, 4.69) is 15.3 Å². The summed E-state index contributed by atoms with van der Waals surface area (Å²) in [7, 11) is 1.75. The van der Waals surface area contributed by atoms with E-state index in [9.17, 15) is 0 Å². The lowest BCUT2D eigenvalue weighted by Gasteiger charge is -2.08. The highest BCUT2D eigenvalue weighted by atomic mass is 35.5. The molecule has 0 radical (unpaired) electrons. The van der Waals surface area contributed by atoms with Crippen molar-refractivity contribution in [2.45, 2.75) is 0 Å². The lowest BCUT2D eigenvalue weighted by molar-refractivity contribution is 0.463. The molecule has 0 atom stereocenters. The molecule has 5 heteroatoms. The topological polar surface area (TPSA) is 47.0 Å². The fourth-order valence-electron chi connectivity index (χ4n) is 1.20. The van der Waals surface area contributed by atoms with Crippen LogP contribution in [0.2, 0.25) is 5.02 Å². The predicted molar refractivity (Wildman–Crippen MR) is 63.1 cm³/mol. The smallest absolute Gasteiger partial charge is 0.262 e. The van der Waals surface area contributed by atoms with Gasteiger partial charge in [0.2, 0.25) is 0 Å². The molecule has 0 amide bonds. The largest absolute Gasteiger partial charge is 0.434 e. The summed E-state index contributed by atoms with van der Waals surface area (Å²) in [6, 6.07) is 7.21. The van der Waals surface area contributed by atoms with Gasteiger partial charge >= 0.3 is 0 Å². The van der Waals surface area contributed by atoms with Gasteiger partial charge in [-0.05, 0) is 12.1 Å². The van der Waals surface area contributed by atoms with E-state index >= 15 is 0 Å². The molecule has 0 unspecified atom stereocenters. The van der Waals surface area contributed by atoms with Crippen LogP contribution in [0, 0.1) is 0 Å². The number of hydrogen-bond donors (Lipinski definition) is 1. The van der Waals surface area contributed by atoms with Gasteiger partial charge in [-0.25, -0.2) is 9.97 Å². The monoisotopic (exact) mass is 235 g/mol. The minimum absolute atomic E-state index is 0.401. The van der Waals surface area contributed by atoms with Crippen LogP contribution in [-0.2, 0) is 0 Å². The third-order valence-corrected chi connectivity index (χ3v) is 2.26. The van der Waals surface area contributed by atoms with E-state index in [0.29, 0.717) is 22.5 Å². The number of nitrogens with zero attached hydrogens (tertiary/aromatic N) is 2. The second-order valence-corrected chi connectivity index (χ2v) is 3.40. The summed E-state index contributed by atoms with van der Waals surface area (Å²) < 4.78 is 5.56. The van der Waals surface area contributed by atoms with Gasteiger partial charge in [0, 0.05) is 19.4 Å². The van der Waals surface area contributed by atoms with Gasteiger partial charge in [0.25, 0.3) is 5.88 Å². The molecule has 2 rings (SSSR count). The first kappa shape index (κ1) is 10.7. The van der Waals surface area contributed by atoms with Gasteiger partial charge in [-0.3, -0.25) is 0 Å². The van der Waals surface area contributed by atoms with E-state index in [1.807, 2.05) is 12.1 Å². The zero-order valence-electron chi connectivity index (χ0n) is 8.64. The van der Waals surface area contributed by atoms with Crippen molar-refractivity contribution in [2.24, 2.45) is 0 Å². The number of nitrogens with one attached hydrogen (secondary N) is 1. The van der Waals surface area contributed by atoms with Crippen LogP contribution in [0.25, 0.3) is 0 Å². The predicted octanol–water partition coefficient (Wildman–Crippen LogP) is 2.96. The molecule has 0 aliphatic heterocycles. The summed E-state index contributed by atoms with van der Waals surface area (Å²) in [6.07, 6.45) is 3.15. The molecule has 16 heavy (non-hydrogen) atoms. The molecule has 4 nitrogen and oxygen atoms in total. The van der Waals surface area contributed by atoms with Crippen LogP contribution in [0.15, 0.2) is 36.7 Å². The van der Waals surface area contributed by atoms with Crippen LogP contribution < -0.4 is 10.1 Å². The number of para-hydroxylation sites is 1. The minimum atomic E-state index is 0.401. The SMILES string of the molecule is CNc1nccnc1Oc1ccccc1Cl. The quantitative estimate of drug-likeness (QED) is 0.889. The van der Waals surface area contributed by atoms with Crippen LogP contribution in [-0.4, -0.2) is 17.0 Å². The molecule has 0 fully saturated rings. The van der Waals surface area contributed by atoms with Gasteiger partial charge in [0.05, 0.1) is 5.02 Å². The number of hydrogen-bond acceptors (Lipinski definition) is 4. The van der Waals surface area contributed by atoms with E-state index in [4.69, 9.17) is 16.3 Å². The first-order valence-corrected chi connectivity index (χ1v) is 5.10. The third-order valence-electron chi connectivity index (χ3n) is 1.94. The lowest BCUT2D eigenvalue weighted by atomic mass is 10.3. The van der Waals surface area contributed by atoms with Gasteiger partial charge in [-0.2, -0.15) is 0 Å². The van der Waals surface area contributed by atoms with Crippen LogP contribution in [0.4, 0.5) is 5.82 Å². The number of halogens is 1. The molecule has 2 aromatic rings. The molecular formula is C11H10ClN3O. The van der Waals surface area contributed by atoms with Crippen molar-refractivity contribution in [3.63, 3.8) is 0 Å². The van der Waals surface area contributed by atoms with Crippen molar-refractivity contribution < 1.29 is 4.74 Å². The number of rotatable bonds is 3. The Kier molecular flexibility index (Phi) is 3.22. The van der Waals surface area contributed by atoms with Crippen molar-refractivity contribution in [1.82, 2.24) is 9.97 Å². The summed E-state index contributed by atoms with van der Waals surface area (Å²) in [5.41, 5.74) is 0. The van der Waals surface area contributed by atoms with Gasteiger partial charge in [0.1, 0.15) is 5.75 Å².